The highest BCUT2D eigenvalue weighted by molar-refractivity contribution is 7.92. The molecule has 0 amide bonds. The lowest BCUT2D eigenvalue weighted by Crippen LogP contribution is -2.33. The number of imidazole rings is 1. The van der Waals surface area contributed by atoms with Crippen molar-refractivity contribution in [3.8, 4) is 17.1 Å². The third-order valence-corrected chi connectivity index (χ3v) is 8.40. The first-order chi connectivity index (χ1) is 15.4. The summed E-state index contributed by atoms with van der Waals surface area (Å²) in [5, 5.41) is 11.1. The number of aliphatic hydroxyl groups is 1. The molecule has 2 aromatic carbocycles. The molecule has 0 spiro atoms. The molecule has 0 saturated heterocycles. The molecule has 0 saturated carbocycles. The lowest BCUT2D eigenvalue weighted by atomic mass is 9.90. The highest BCUT2D eigenvalue weighted by Crippen LogP contribution is 2.36. The molecule has 7 heteroatoms. The van der Waals surface area contributed by atoms with Gasteiger partial charge in [0.15, 0.2) is 9.84 Å². The Bertz CT molecular complexity index is 1360. The Morgan fingerprint density at radius 2 is 1.79 bits per heavy atom. The fourth-order valence-corrected chi connectivity index (χ4v) is 4.82. The Labute approximate surface area is 200 Å². The van der Waals surface area contributed by atoms with Crippen molar-refractivity contribution in [2.75, 3.05) is 6.26 Å². The number of allylic oxidation sites excluding steroid dienone is 3. The van der Waals surface area contributed by atoms with Gasteiger partial charge in [0.25, 0.3) is 0 Å². The van der Waals surface area contributed by atoms with Crippen molar-refractivity contribution in [3.05, 3.63) is 89.2 Å². The van der Waals surface area contributed by atoms with Gasteiger partial charge in [0, 0.05) is 23.7 Å². The normalized spacial score (nSPS) is 18.9. The van der Waals surface area contributed by atoms with Crippen LogP contribution in [0.4, 0.5) is 0 Å². The molecule has 1 aliphatic carbocycles. The first-order valence-electron chi connectivity index (χ1n) is 10.6. The molecule has 1 aromatic heterocycles. The number of rotatable bonds is 5. The number of halogens is 1. The lowest BCUT2D eigenvalue weighted by Gasteiger charge is -2.28. The Morgan fingerprint density at radius 3 is 2.39 bits per heavy atom. The van der Waals surface area contributed by atoms with E-state index in [0.29, 0.717) is 23.0 Å². The first kappa shape index (κ1) is 23.5. The molecule has 0 bridgehead atoms. The van der Waals surface area contributed by atoms with Crippen molar-refractivity contribution in [3.63, 3.8) is 0 Å². The summed E-state index contributed by atoms with van der Waals surface area (Å²) in [6.07, 6.45) is 9.03. The van der Waals surface area contributed by atoms with E-state index in [9.17, 15) is 13.5 Å². The molecule has 0 aliphatic heterocycles. The zero-order valence-corrected chi connectivity index (χ0v) is 20.7. The Kier molecular flexibility index (Phi) is 5.89. The number of sulfone groups is 1. The molecule has 1 heterocycles. The molecule has 172 valence electrons. The highest BCUT2D eigenvalue weighted by atomic mass is 35.5. The van der Waals surface area contributed by atoms with E-state index in [-0.39, 0.29) is 0 Å². The van der Waals surface area contributed by atoms with Gasteiger partial charge in [-0.05, 0) is 62.6 Å². The fourth-order valence-electron chi connectivity index (χ4n) is 3.86. The summed E-state index contributed by atoms with van der Waals surface area (Å²) < 4.78 is 25.6. The fraction of sp³-hybridized carbons (Fsp3) is 0.269. The van der Waals surface area contributed by atoms with Crippen LogP contribution in [0, 0.1) is 0 Å². The molecule has 1 aliphatic rings. The molecule has 5 nitrogen and oxygen atoms in total. The van der Waals surface area contributed by atoms with Crippen molar-refractivity contribution < 1.29 is 13.5 Å². The Hall–Kier alpha value is -2.67. The van der Waals surface area contributed by atoms with Gasteiger partial charge in [0.05, 0.1) is 15.5 Å². The summed E-state index contributed by atoms with van der Waals surface area (Å²) >= 11 is 6.45. The molecule has 0 radical (unpaired) electrons. The molecule has 33 heavy (non-hydrogen) atoms. The first-order valence-corrected chi connectivity index (χ1v) is 12.9. The second kappa shape index (κ2) is 8.28. The quantitative estimate of drug-likeness (QED) is 0.516. The second-order valence-electron chi connectivity index (χ2n) is 9.22. The van der Waals surface area contributed by atoms with Gasteiger partial charge in [-0.25, -0.2) is 13.4 Å². The summed E-state index contributed by atoms with van der Waals surface area (Å²) in [5.74, 6) is 0.634. The summed E-state index contributed by atoms with van der Waals surface area (Å²) in [6, 6.07) is 15.3. The molecule has 4 rings (SSSR count). The van der Waals surface area contributed by atoms with Gasteiger partial charge >= 0.3 is 0 Å². The minimum atomic E-state index is -3.25. The standard InChI is InChI=1S/C26H27ClN2O3S/c1-25(2,30)23-17-29(24(28-23)21-9-5-6-10-22(21)27)20-13-11-18(12-14-20)19-8-7-15-26(3,16-19)33(4,31)32/h5-15,17,30H,16H2,1-4H3. The zero-order chi connectivity index (χ0) is 24.0. The van der Waals surface area contributed by atoms with Crippen molar-refractivity contribution in [1.82, 2.24) is 9.55 Å². The van der Waals surface area contributed by atoms with Crippen molar-refractivity contribution in [1.29, 1.82) is 0 Å². The molecule has 0 fully saturated rings. The van der Waals surface area contributed by atoms with Gasteiger partial charge in [-0.1, -0.05) is 54.1 Å². The maximum atomic E-state index is 12.3. The molecule has 1 unspecified atom stereocenters. The van der Waals surface area contributed by atoms with E-state index in [0.717, 1.165) is 22.4 Å². The van der Waals surface area contributed by atoms with Crippen molar-refractivity contribution in [2.45, 2.75) is 37.5 Å². The van der Waals surface area contributed by atoms with Gasteiger partial charge in [-0.15, -0.1) is 0 Å². The van der Waals surface area contributed by atoms with Crippen LogP contribution in [0.3, 0.4) is 0 Å². The average Bonchev–Trinajstić information content (AvgIpc) is 3.19. The van der Waals surface area contributed by atoms with Gasteiger partial charge < -0.3 is 5.11 Å². The van der Waals surface area contributed by atoms with Gasteiger partial charge in [0.1, 0.15) is 11.4 Å². The van der Waals surface area contributed by atoms with Crippen LogP contribution in [-0.4, -0.2) is 34.1 Å². The molecule has 1 atom stereocenters. The second-order valence-corrected chi connectivity index (χ2v) is 12.1. The van der Waals surface area contributed by atoms with E-state index < -0.39 is 20.2 Å². The monoisotopic (exact) mass is 482 g/mol. The van der Waals surface area contributed by atoms with Crippen molar-refractivity contribution in [2.24, 2.45) is 0 Å². The van der Waals surface area contributed by atoms with Gasteiger partial charge in [0.2, 0.25) is 0 Å². The SMILES string of the molecule is CC(C)(O)c1cn(-c2ccc(C3=CC=CC(C)(S(C)(=O)=O)C3)cc2)c(-c2ccccc2Cl)n1. The molecule has 1 N–H and O–H groups in total. The topological polar surface area (TPSA) is 72.2 Å². The summed E-state index contributed by atoms with van der Waals surface area (Å²) in [6.45, 7) is 5.14. The van der Waals surface area contributed by atoms with Crippen LogP contribution < -0.4 is 0 Å². The maximum absolute atomic E-state index is 12.3. The number of aromatic nitrogens is 2. The van der Waals surface area contributed by atoms with E-state index >= 15 is 0 Å². The molecule has 3 aromatic rings. The number of nitrogens with zero attached hydrogens (tertiary/aromatic N) is 2. The van der Waals surface area contributed by atoms with E-state index in [4.69, 9.17) is 11.6 Å². The van der Waals surface area contributed by atoms with E-state index in [1.807, 2.05) is 71.4 Å². The minimum absolute atomic E-state index is 0.417. The van der Waals surface area contributed by atoms with Crippen LogP contribution in [0.5, 0.6) is 0 Å². The Balaban J connectivity index is 1.75. The number of benzene rings is 2. The molecular formula is C26H27ClN2O3S. The highest BCUT2D eigenvalue weighted by Gasteiger charge is 2.35. The Morgan fingerprint density at radius 1 is 1.12 bits per heavy atom. The summed E-state index contributed by atoms with van der Waals surface area (Å²) in [5.41, 5.74) is 2.96. The average molecular weight is 483 g/mol. The zero-order valence-electron chi connectivity index (χ0n) is 19.1. The molecular weight excluding hydrogens is 456 g/mol. The third-order valence-electron chi connectivity index (χ3n) is 6.10. The van der Waals surface area contributed by atoms with E-state index in [2.05, 4.69) is 4.98 Å². The third kappa shape index (κ3) is 4.56. The number of hydrogen-bond acceptors (Lipinski definition) is 4. The number of hydrogen-bond donors (Lipinski definition) is 1. The van der Waals surface area contributed by atoms with E-state index in [1.165, 1.54) is 6.26 Å². The van der Waals surface area contributed by atoms with Gasteiger partial charge in [-0.2, -0.15) is 0 Å². The van der Waals surface area contributed by atoms with Crippen LogP contribution in [0.2, 0.25) is 5.02 Å². The van der Waals surface area contributed by atoms with Crippen LogP contribution in [0.1, 0.15) is 38.4 Å². The minimum Gasteiger partial charge on any atom is -0.384 e. The van der Waals surface area contributed by atoms with Crippen LogP contribution >= 0.6 is 11.6 Å². The maximum Gasteiger partial charge on any atom is 0.156 e. The van der Waals surface area contributed by atoms with Gasteiger partial charge in [-0.3, -0.25) is 4.57 Å². The summed E-state index contributed by atoms with van der Waals surface area (Å²) in [4.78, 5) is 4.69. The van der Waals surface area contributed by atoms with Crippen LogP contribution in [0.25, 0.3) is 22.6 Å². The van der Waals surface area contributed by atoms with Crippen molar-refractivity contribution >= 4 is 27.0 Å². The van der Waals surface area contributed by atoms with E-state index in [1.54, 1.807) is 26.8 Å². The van der Waals surface area contributed by atoms with Crippen LogP contribution in [-0.2, 0) is 15.4 Å². The lowest BCUT2D eigenvalue weighted by molar-refractivity contribution is 0.0743. The van der Waals surface area contributed by atoms with Crippen LogP contribution in [0.15, 0.2) is 73.0 Å². The predicted molar refractivity (Wildman–Crippen MR) is 134 cm³/mol. The predicted octanol–water partition coefficient (Wildman–Crippen LogP) is 5.57. The largest absolute Gasteiger partial charge is 0.384 e. The summed E-state index contributed by atoms with van der Waals surface area (Å²) in [7, 11) is -3.25. The smallest absolute Gasteiger partial charge is 0.156 e.